The maximum absolute atomic E-state index is 11.0. The van der Waals surface area contributed by atoms with Gasteiger partial charge in [0.2, 0.25) is 0 Å². The Morgan fingerprint density at radius 3 is 2.40 bits per heavy atom. The van der Waals surface area contributed by atoms with E-state index in [2.05, 4.69) is 28.8 Å². The predicted octanol–water partition coefficient (Wildman–Crippen LogP) is 0.725. The standard InChI is InChI=1S/C11H24N2O2/c1-9(2)6-10(8-13(3)4)12-7-11(14)15-5/h9-10,12H,6-8H2,1-5H3. The van der Waals surface area contributed by atoms with Gasteiger partial charge < -0.3 is 15.0 Å². The molecule has 90 valence electrons. The van der Waals surface area contributed by atoms with Crippen molar-refractivity contribution in [3.05, 3.63) is 0 Å². The normalized spacial score (nSPS) is 13.3. The average Bonchev–Trinajstić information content (AvgIpc) is 2.11. The third kappa shape index (κ3) is 8.39. The average molecular weight is 216 g/mol. The largest absolute Gasteiger partial charge is 0.468 e. The Morgan fingerprint density at radius 2 is 2.00 bits per heavy atom. The molecule has 15 heavy (non-hydrogen) atoms. The lowest BCUT2D eigenvalue weighted by Gasteiger charge is -2.23. The van der Waals surface area contributed by atoms with Crippen LogP contribution in [0.2, 0.25) is 0 Å². The van der Waals surface area contributed by atoms with Gasteiger partial charge in [0.05, 0.1) is 13.7 Å². The number of nitrogens with one attached hydrogen (secondary N) is 1. The van der Waals surface area contributed by atoms with Crippen LogP contribution in [-0.2, 0) is 9.53 Å². The quantitative estimate of drug-likeness (QED) is 0.637. The predicted molar refractivity (Wildman–Crippen MR) is 61.8 cm³/mol. The van der Waals surface area contributed by atoms with Crippen LogP contribution < -0.4 is 5.32 Å². The Labute approximate surface area is 93.0 Å². The first-order chi connectivity index (χ1) is 6.95. The van der Waals surface area contributed by atoms with Crippen molar-refractivity contribution in [1.29, 1.82) is 0 Å². The van der Waals surface area contributed by atoms with Crippen molar-refractivity contribution in [3.8, 4) is 0 Å². The van der Waals surface area contributed by atoms with Gasteiger partial charge in [-0.05, 0) is 26.4 Å². The lowest BCUT2D eigenvalue weighted by molar-refractivity contribution is -0.139. The van der Waals surface area contributed by atoms with Crippen molar-refractivity contribution in [2.45, 2.75) is 26.3 Å². The van der Waals surface area contributed by atoms with Crippen LogP contribution in [-0.4, -0.2) is 51.2 Å². The van der Waals surface area contributed by atoms with Crippen molar-refractivity contribution >= 4 is 5.97 Å². The number of hydrogen-bond donors (Lipinski definition) is 1. The molecule has 1 N–H and O–H groups in total. The van der Waals surface area contributed by atoms with Gasteiger partial charge in [0.25, 0.3) is 0 Å². The Bertz CT molecular complexity index is 171. The SMILES string of the molecule is COC(=O)CNC(CC(C)C)CN(C)C. The van der Waals surface area contributed by atoms with Gasteiger partial charge in [0.15, 0.2) is 0 Å². The fraction of sp³-hybridized carbons (Fsp3) is 0.909. The summed E-state index contributed by atoms with van der Waals surface area (Å²) >= 11 is 0. The van der Waals surface area contributed by atoms with E-state index in [4.69, 9.17) is 0 Å². The highest BCUT2D eigenvalue weighted by molar-refractivity contribution is 5.71. The summed E-state index contributed by atoms with van der Waals surface area (Å²) in [7, 11) is 5.48. The molecule has 0 radical (unpaired) electrons. The van der Waals surface area contributed by atoms with E-state index in [0.29, 0.717) is 18.5 Å². The molecule has 0 aromatic rings. The van der Waals surface area contributed by atoms with E-state index in [9.17, 15) is 4.79 Å². The summed E-state index contributed by atoms with van der Waals surface area (Å²) in [5, 5.41) is 3.22. The molecular weight excluding hydrogens is 192 g/mol. The van der Waals surface area contributed by atoms with Crippen LogP contribution in [0.25, 0.3) is 0 Å². The molecule has 1 unspecified atom stereocenters. The zero-order valence-electron chi connectivity index (χ0n) is 10.5. The highest BCUT2D eigenvalue weighted by atomic mass is 16.5. The lowest BCUT2D eigenvalue weighted by Crippen LogP contribution is -2.41. The van der Waals surface area contributed by atoms with Crippen LogP contribution in [0, 0.1) is 5.92 Å². The molecule has 0 heterocycles. The maximum Gasteiger partial charge on any atom is 0.319 e. The maximum atomic E-state index is 11.0. The summed E-state index contributed by atoms with van der Waals surface area (Å²) in [5.41, 5.74) is 0. The summed E-state index contributed by atoms with van der Waals surface area (Å²) < 4.78 is 4.60. The van der Waals surface area contributed by atoms with Gasteiger partial charge >= 0.3 is 5.97 Å². The first-order valence-electron chi connectivity index (χ1n) is 5.40. The summed E-state index contributed by atoms with van der Waals surface area (Å²) in [6, 6.07) is 0.346. The highest BCUT2D eigenvalue weighted by Crippen LogP contribution is 2.05. The topological polar surface area (TPSA) is 41.6 Å². The van der Waals surface area contributed by atoms with Crippen molar-refractivity contribution in [3.63, 3.8) is 0 Å². The van der Waals surface area contributed by atoms with E-state index in [0.717, 1.165) is 13.0 Å². The molecule has 0 aliphatic rings. The van der Waals surface area contributed by atoms with Crippen LogP contribution in [0.5, 0.6) is 0 Å². The molecular formula is C11H24N2O2. The zero-order valence-corrected chi connectivity index (χ0v) is 10.5. The second-order valence-corrected chi connectivity index (χ2v) is 4.55. The van der Waals surface area contributed by atoms with E-state index in [1.165, 1.54) is 7.11 Å². The number of carbonyl (C=O) groups is 1. The van der Waals surface area contributed by atoms with E-state index in [-0.39, 0.29) is 5.97 Å². The van der Waals surface area contributed by atoms with E-state index < -0.39 is 0 Å². The molecule has 0 rings (SSSR count). The van der Waals surface area contributed by atoms with Gasteiger partial charge in [-0.3, -0.25) is 4.79 Å². The number of esters is 1. The van der Waals surface area contributed by atoms with Gasteiger partial charge in [-0.1, -0.05) is 13.8 Å². The summed E-state index contributed by atoms with van der Waals surface area (Å²) in [6.07, 6.45) is 1.06. The fourth-order valence-corrected chi connectivity index (χ4v) is 1.53. The Kier molecular flexibility index (Phi) is 7.34. The summed E-state index contributed by atoms with van der Waals surface area (Å²) in [5.74, 6) is 0.419. The van der Waals surface area contributed by atoms with Crippen molar-refractivity contribution in [1.82, 2.24) is 10.2 Å². The second-order valence-electron chi connectivity index (χ2n) is 4.55. The van der Waals surface area contributed by atoms with Crippen LogP contribution in [0.3, 0.4) is 0 Å². The molecule has 0 saturated heterocycles. The molecule has 0 aliphatic carbocycles. The molecule has 0 aromatic carbocycles. The number of ether oxygens (including phenoxy) is 1. The minimum atomic E-state index is -0.206. The van der Waals surface area contributed by atoms with Crippen LogP contribution in [0.1, 0.15) is 20.3 Å². The van der Waals surface area contributed by atoms with Crippen LogP contribution in [0.15, 0.2) is 0 Å². The van der Waals surface area contributed by atoms with Gasteiger partial charge in [-0.15, -0.1) is 0 Å². The molecule has 0 spiro atoms. The molecule has 0 saturated carbocycles. The Balaban J connectivity index is 3.95. The number of carbonyl (C=O) groups excluding carboxylic acids is 1. The first-order valence-corrected chi connectivity index (χ1v) is 5.40. The molecule has 0 fully saturated rings. The number of methoxy groups -OCH3 is 1. The van der Waals surface area contributed by atoms with Crippen molar-refractivity contribution in [2.75, 3.05) is 34.3 Å². The third-order valence-electron chi connectivity index (χ3n) is 2.10. The monoisotopic (exact) mass is 216 g/mol. The molecule has 0 aromatic heterocycles. The number of hydrogen-bond acceptors (Lipinski definition) is 4. The number of rotatable bonds is 7. The highest BCUT2D eigenvalue weighted by Gasteiger charge is 2.12. The van der Waals surface area contributed by atoms with Crippen molar-refractivity contribution in [2.24, 2.45) is 5.92 Å². The Hall–Kier alpha value is -0.610. The number of likely N-dealkylation sites (N-methyl/N-ethyl adjacent to an activating group) is 1. The van der Waals surface area contributed by atoms with Crippen LogP contribution in [0.4, 0.5) is 0 Å². The Morgan fingerprint density at radius 1 is 1.40 bits per heavy atom. The first kappa shape index (κ1) is 14.4. The summed E-state index contributed by atoms with van der Waals surface area (Å²) in [6.45, 7) is 5.60. The van der Waals surface area contributed by atoms with E-state index in [1.54, 1.807) is 0 Å². The zero-order chi connectivity index (χ0) is 11.8. The molecule has 4 nitrogen and oxygen atoms in total. The van der Waals surface area contributed by atoms with E-state index in [1.807, 2.05) is 14.1 Å². The molecule has 0 bridgehead atoms. The minimum Gasteiger partial charge on any atom is -0.468 e. The smallest absolute Gasteiger partial charge is 0.319 e. The second kappa shape index (κ2) is 7.65. The van der Waals surface area contributed by atoms with E-state index >= 15 is 0 Å². The summed E-state index contributed by atoms with van der Waals surface area (Å²) in [4.78, 5) is 13.1. The van der Waals surface area contributed by atoms with Gasteiger partial charge in [-0.25, -0.2) is 0 Å². The molecule has 0 aliphatic heterocycles. The van der Waals surface area contributed by atoms with Gasteiger partial charge in [0.1, 0.15) is 0 Å². The molecule has 1 atom stereocenters. The van der Waals surface area contributed by atoms with Crippen LogP contribution >= 0.6 is 0 Å². The van der Waals surface area contributed by atoms with Crippen molar-refractivity contribution < 1.29 is 9.53 Å². The van der Waals surface area contributed by atoms with Gasteiger partial charge in [0, 0.05) is 12.6 Å². The lowest BCUT2D eigenvalue weighted by atomic mass is 10.0. The number of nitrogens with zero attached hydrogens (tertiary/aromatic N) is 1. The minimum absolute atomic E-state index is 0.206. The molecule has 0 amide bonds. The fourth-order valence-electron chi connectivity index (χ4n) is 1.53. The third-order valence-corrected chi connectivity index (χ3v) is 2.10. The molecule has 4 heteroatoms. The van der Waals surface area contributed by atoms with Gasteiger partial charge in [-0.2, -0.15) is 0 Å².